The Morgan fingerprint density at radius 1 is 1.21 bits per heavy atom. The molecule has 1 amide bonds. The standard InChI is InChI=1S/C21H22N2O5/c1-13(2)28-11-10-23-18(15-4-3-5-16(24)12-15)17(20(26)21(23)27)19(25)14-6-8-22-9-7-14/h3-9,12-13,18,24-25H,10-11H2,1-2H3/b19-17-. The highest BCUT2D eigenvalue weighted by Gasteiger charge is 2.46. The van der Waals surface area contributed by atoms with Crippen molar-refractivity contribution in [2.45, 2.75) is 26.0 Å². The zero-order valence-electron chi connectivity index (χ0n) is 15.7. The third-order valence-electron chi connectivity index (χ3n) is 4.46. The molecule has 28 heavy (non-hydrogen) atoms. The van der Waals surface area contributed by atoms with E-state index in [1.54, 1.807) is 24.3 Å². The number of aliphatic hydroxyl groups is 1. The number of pyridine rings is 1. The largest absolute Gasteiger partial charge is 0.508 e. The van der Waals surface area contributed by atoms with Gasteiger partial charge in [-0.05, 0) is 43.7 Å². The van der Waals surface area contributed by atoms with Gasteiger partial charge in [0.05, 0.1) is 24.3 Å². The van der Waals surface area contributed by atoms with Crippen molar-refractivity contribution < 1.29 is 24.5 Å². The fourth-order valence-electron chi connectivity index (χ4n) is 3.20. The van der Waals surface area contributed by atoms with E-state index in [-0.39, 0.29) is 36.3 Å². The molecule has 1 atom stereocenters. The Hall–Kier alpha value is -3.19. The first kappa shape index (κ1) is 19.6. The molecule has 146 valence electrons. The summed E-state index contributed by atoms with van der Waals surface area (Å²) in [5.41, 5.74) is 0.891. The molecule has 1 unspecified atom stereocenters. The fourth-order valence-corrected chi connectivity index (χ4v) is 3.20. The first-order valence-electron chi connectivity index (χ1n) is 8.99. The van der Waals surface area contributed by atoms with Crippen LogP contribution in [0.4, 0.5) is 0 Å². The molecule has 1 aliphatic heterocycles. The molecule has 0 spiro atoms. The van der Waals surface area contributed by atoms with E-state index in [0.29, 0.717) is 11.1 Å². The summed E-state index contributed by atoms with van der Waals surface area (Å²) in [5, 5.41) is 20.7. The van der Waals surface area contributed by atoms with Gasteiger partial charge in [-0.25, -0.2) is 0 Å². The average Bonchev–Trinajstić information content (AvgIpc) is 2.93. The number of phenolic OH excluding ortho intramolecular Hbond substituents is 1. The number of carbonyl (C=O) groups is 2. The lowest BCUT2D eigenvalue weighted by Crippen LogP contribution is -2.33. The Balaban J connectivity index is 2.08. The van der Waals surface area contributed by atoms with Crippen molar-refractivity contribution in [3.63, 3.8) is 0 Å². The number of aromatic hydroxyl groups is 1. The van der Waals surface area contributed by atoms with Crippen molar-refractivity contribution in [3.05, 3.63) is 65.5 Å². The molecule has 3 rings (SSSR count). The molecule has 0 radical (unpaired) electrons. The molecule has 0 saturated carbocycles. The van der Waals surface area contributed by atoms with Crippen LogP contribution in [0.2, 0.25) is 0 Å². The van der Waals surface area contributed by atoms with Crippen molar-refractivity contribution >= 4 is 17.4 Å². The van der Waals surface area contributed by atoms with E-state index in [9.17, 15) is 19.8 Å². The van der Waals surface area contributed by atoms with Crippen molar-refractivity contribution in [1.29, 1.82) is 0 Å². The van der Waals surface area contributed by atoms with E-state index in [2.05, 4.69) is 4.98 Å². The summed E-state index contributed by atoms with van der Waals surface area (Å²) >= 11 is 0. The second-order valence-corrected chi connectivity index (χ2v) is 6.74. The van der Waals surface area contributed by atoms with Gasteiger partial charge in [0.25, 0.3) is 11.7 Å². The molecule has 0 bridgehead atoms. The number of phenols is 1. The average molecular weight is 382 g/mol. The number of benzene rings is 1. The Bertz CT molecular complexity index is 908. The van der Waals surface area contributed by atoms with Crippen LogP contribution in [-0.2, 0) is 14.3 Å². The minimum atomic E-state index is -0.823. The molecule has 1 aromatic heterocycles. The van der Waals surface area contributed by atoms with Gasteiger partial charge in [-0.15, -0.1) is 0 Å². The van der Waals surface area contributed by atoms with Crippen LogP contribution in [0.15, 0.2) is 54.4 Å². The van der Waals surface area contributed by atoms with Crippen LogP contribution >= 0.6 is 0 Å². The van der Waals surface area contributed by atoms with Gasteiger partial charge in [0.2, 0.25) is 0 Å². The zero-order valence-corrected chi connectivity index (χ0v) is 15.7. The highest BCUT2D eigenvalue weighted by Crippen LogP contribution is 2.39. The number of likely N-dealkylation sites (tertiary alicyclic amines) is 1. The van der Waals surface area contributed by atoms with Crippen LogP contribution in [0.25, 0.3) is 5.76 Å². The Labute approximate surface area is 162 Å². The van der Waals surface area contributed by atoms with E-state index in [1.807, 2.05) is 13.8 Å². The topological polar surface area (TPSA) is 100.0 Å². The van der Waals surface area contributed by atoms with Gasteiger partial charge in [0, 0.05) is 24.5 Å². The number of Topliss-reactive ketones (excluding diaryl/α,β-unsaturated/α-hetero) is 1. The van der Waals surface area contributed by atoms with Crippen molar-refractivity contribution in [2.75, 3.05) is 13.2 Å². The third-order valence-corrected chi connectivity index (χ3v) is 4.46. The molecule has 1 fully saturated rings. The summed E-state index contributed by atoms with van der Waals surface area (Å²) in [6.07, 6.45) is 2.96. The van der Waals surface area contributed by atoms with Crippen LogP contribution in [0.1, 0.15) is 31.0 Å². The first-order chi connectivity index (χ1) is 13.4. The van der Waals surface area contributed by atoms with E-state index in [4.69, 9.17) is 4.74 Å². The normalized spacial score (nSPS) is 18.8. The first-order valence-corrected chi connectivity index (χ1v) is 8.99. The van der Waals surface area contributed by atoms with Crippen molar-refractivity contribution in [2.24, 2.45) is 0 Å². The monoisotopic (exact) mass is 382 g/mol. The third kappa shape index (κ3) is 3.89. The van der Waals surface area contributed by atoms with Gasteiger partial charge < -0.3 is 19.8 Å². The number of hydrogen-bond donors (Lipinski definition) is 2. The molecule has 7 nitrogen and oxygen atoms in total. The summed E-state index contributed by atoms with van der Waals surface area (Å²) in [6, 6.07) is 8.60. The lowest BCUT2D eigenvalue weighted by molar-refractivity contribution is -0.140. The molecule has 1 saturated heterocycles. The molecule has 7 heteroatoms. The number of carbonyl (C=O) groups excluding carboxylic acids is 2. The summed E-state index contributed by atoms with van der Waals surface area (Å²) in [6.45, 7) is 4.18. The van der Waals surface area contributed by atoms with E-state index in [0.717, 1.165) is 0 Å². The van der Waals surface area contributed by atoms with Gasteiger partial charge in [-0.3, -0.25) is 14.6 Å². The smallest absolute Gasteiger partial charge is 0.295 e. The number of rotatable bonds is 6. The number of aromatic nitrogens is 1. The maximum Gasteiger partial charge on any atom is 0.295 e. The van der Waals surface area contributed by atoms with Gasteiger partial charge in [0.1, 0.15) is 11.5 Å². The van der Waals surface area contributed by atoms with Crippen LogP contribution in [0.3, 0.4) is 0 Å². The summed E-state index contributed by atoms with van der Waals surface area (Å²) in [7, 11) is 0. The zero-order chi connectivity index (χ0) is 20.3. The number of ether oxygens (including phenoxy) is 1. The van der Waals surface area contributed by atoms with Gasteiger partial charge >= 0.3 is 0 Å². The second-order valence-electron chi connectivity index (χ2n) is 6.74. The molecule has 1 aliphatic rings. The SMILES string of the molecule is CC(C)OCCN1C(=O)C(=O)/C(=C(\O)c2ccncc2)C1c1cccc(O)c1. The Kier molecular flexibility index (Phi) is 5.75. The van der Waals surface area contributed by atoms with Crippen LogP contribution in [-0.4, -0.2) is 51.0 Å². The van der Waals surface area contributed by atoms with Crippen LogP contribution in [0, 0.1) is 0 Å². The number of hydrogen-bond acceptors (Lipinski definition) is 6. The maximum absolute atomic E-state index is 12.8. The van der Waals surface area contributed by atoms with E-state index >= 15 is 0 Å². The van der Waals surface area contributed by atoms with Gasteiger partial charge in [-0.1, -0.05) is 12.1 Å². The summed E-state index contributed by atoms with van der Waals surface area (Å²) in [4.78, 5) is 30.7. The lowest BCUT2D eigenvalue weighted by Gasteiger charge is -2.25. The number of ketones is 1. The predicted octanol–water partition coefficient (Wildman–Crippen LogP) is 2.63. The minimum Gasteiger partial charge on any atom is -0.508 e. The summed E-state index contributed by atoms with van der Waals surface area (Å²) in [5.74, 6) is -1.75. The quantitative estimate of drug-likeness (QED) is 0.453. The summed E-state index contributed by atoms with van der Waals surface area (Å²) < 4.78 is 5.53. The highest BCUT2D eigenvalue weighted by molar-refractivity contribution is 6.46. The molecule has 2 aromatic rings. The second kappa shape index (κ2) is 8.22. The van der Waals surface area contributed by atoms with Crippen molar-refractivity contribution in [3.8, 4) is 5.75 Å². The molecular formula is C21H22N2O5. The van der Waals surface area contributed by atoms with Gasteiger partial charge in [0.15, 0.2) is 0 Å². The fraction of sp³-hybridized carbons (Fsp3) is 0.286. The number of nitrogens with zero attached hydrogens (tertiary/aromatic N) is 2. The molecule has 0 aliphatic carbocycles. The lowest BCUT2D eigenvalue weighted by atomic mass is 9.95. The Morgan fingerprint density at radius 3 is 2.57 bits per heavy atom. The Morgan fingerprint density at radius 2 is 1.93 bits per heavy atom. The van der Waals surface area contributed by atoms with Crippen LogP contribution in [0.5, 0.6) is 5.75 Å². The number of amides is 1. The van der Waals surface area contributed by atoms with E-state index in [1.165, 1.54) is 29.4 Å². The van der Waals surface area contributed by atoms with E-state index < -0.39 is 17.7 Å². The minimum absolute atomic E-state index is 0.00503. The maximum atomic E-state index is 12.8. The molecule has 1 aromatic carbocycles. The van der Waals surface area contributed by atoms with Crippen molar-refractivity contribution in [1.82, 2.24) is 9.88 Å². The highest BCUT2D eigenvalue weighted by atomic mass is 16.5. The molecular weight excluding hydrogens is 360 g/mol. The molecule has 2 N–H and O–H groups in total. The number of aliphatic hydroxyl groups excluding tert-OH is 1. The van der Waals surface area contributed by atoms with Crippen LogP contribution < -0.4 is 0 Å². The molecule has 2 heterocycles. The van der Waals surface area contributed by atoms with Gasteiger partial charge in [-0.2, -0.15) is 0 Å². The predicted molar refractivity (Wildman–Crippen MR) is 102 cm³/mol.